The van der Waals surface area contributed by atoms with E-state index in [0.29, 0.717) is 27.8 Å². The molecule has 2 aromatic carbocycles. The Labute approximate surface area is 218 Å². The number of aromatic nitrogens is 1. The topological polar surface area (TPSA) is 93.1 Å². The van der Waals surface area contributed by atoms with Crippen LogP contribution < -0.4 is 14.8 Å². The van der Waals surface area contributed by atoms with E-state index in [1.54, 1.807) is 14.2 Å². The van der Waals surface area contributed by atoms with Crippen LogP contribution in [0.3, 0.4) is 0 Å². The molecule has 2 heterocycles. The Bertz CT molecular complexity index is 1320. The lowest BCUT2D eigenvalue weighted by atomic mass is 10.0. The molecule has 1 aliphatic heterocycles. The number of amides is 2. The maximum atomic E-state index is 13.0. The Balaban J connectivity index is 1.63. The molecule has 0 saturated heterocycles. The van der Waals surface area contributed by atoms with Gasteiger partial charge < -0.3 is 14.8 Å². The number of thiazole rings is 1. The highest BCUT2D eigenvalue weighted by molar-refractivity contribution is 8.14. The van der Waals surface area contributed by atoms with Crippen LogP contribution in [0.25, 0.3) is 0 Å². The molecule has 10 heteroatoms. The van der Waals surface area contributed by atoms with E-state index in [4.69, 9.17) is 14.6 Å². The van der Waals surface area contributed by atoms with Gasteiger partial charge in [0, 0.05) is 11.3 Å². The molecule has 1 aromatic heterocycles. The molecular formula is C26H28N4O4S2. The Kier molecular flexibility index (Phi) is 7.95. The van der Waals surface area contributed by atoms with Crippen molar-refractivity contribution >= 4 is 45.6 Å². The number of carbonyl (C=O) groups is 2. The van der Waals surface area contributed by atoms with E-state index in [1.807, 2.05) is 63.2 Å². The lowest BCUT2D eigenvalue weighted by Gasteiger charge is -2.29. The third-order valence-electron chi connectivity index (χ3n) is 5.73. The summed E-state index contributed by atoms with van der Waals surface area (Å²) in [6.45, 7) is 5.95. The summed E-state index contributed by atoms with van der Waals surface area (Å²) in [6.07, 6.45) is 0.748. The lowest BCUT2D eigenvalue weighted by Crippen LogP contribution is -2.35. The Morgan fingerprint density at radius 1 is 1.11 bits per heavy atom. The first-order valence-electron chi connectivity index (χ1n) is 11.5. The van der Waals surface area contributed by atoms with Crippen LogP contribution in [0.4, 0.5) is 10.5 Å². The van der Waals surface area contributed by atoms with Gasteiger partial charge in [-0.15, -0.1) is 11.3 Å². The molecule has 1 atom stereocenters. The molecule has 8 nitrogen and oxygen atoms in total. The van der Waals surface area contributed by atoms with Crippen molar-refractivity contribution in [1.29, 1.82) is 0 Å². The van der Waals surface area contributed by atoms with Crippen molar-refractivity contribution in [2.75, 3.05) is 19.5 Å². The molecule has 0 radical (unpaired) electrons. The third-order valence-corrected chi connectivity index (χ3v) is 8.06. The first-order valence-corrected chi connectivity index (χ1v) is 13.2. The lowest BCUT2D eigenvalue weighted by molar-refractivity contribution is 0.102. The summed E-state index contributed by atoms with van der Waals surface area (Å²) in [7, 11) is 3.18. The van der Waals surface area contributed by atoms with Crippen molar-refractivity contribution in [2.45, 2.75) is 39.0 Å². The number of carbonyl (C=O) groups excluding carboxylic acids is 2. The highest BCUT2D eigenvalue weighted by Gasteiger charge is 2.31. The molecule has 2 amide bonds. The molecule has 0 fully saturated rings. The predicted molar refractivity (Wildman–Crippen MR) is 145 cm³/mol. The standard InChI is InChI=1S/C26H28N4O4S2/c1-6-22-23(17-11-12-20(33-4)21(13-17)34-5)29-30(26(32)36-22)14-18-9-7-8-10-19(18)28-25(31)24-15(2)27-16(3)35-24/h7-13,22H,6,14H2,1-5H3,(H,28,31). The number of thioether (sulfide) groups is 1. The molecule has 36 heavy (non-hydrogen) atoms. The Morgan fingerprint density at radius 2 is 1.86 bits per heavy atom. The van der Waals surface area contributed by atoms with Gasteiger partial charge in [0.05, 0.1) is 42.4 Å². The molecule has 0 spiro atoms. The molecule has 1 aliphatic rings. The van der Waals surface area contributed by atoms with Gasteiger partial charge in [0.1, 0.15) is 4.88 Å². The van der Waals surface area contributed by atoms with Gasteiger partial charge in [0.25, 0.3) is 5.91 Å². The van der Waals surface area contributed by atoms with Crippen molar-refractivity contribution in [3.63, 3.8) is 0 Å². The smallest absolute Gasteiger partial charge is 0.302 e. The summed E-state index contributed by atoms with van der Waals surface area (Å²) in [6, 6.07) is 13.1. The molecule has 0 saturated carbocycles. The summed E-state index contributed by atoms with van der Waals surface area (Å²) in [5, 5.41) is 9.82. The fourth-order valence-corrected chi connectivity index (χ4v) is 5.70. The maximum absolute atomic E-state index is 13.0. The summed E-state index contributed by atoms with van der Waals surface area (Å²) < 4.78 is 10.8. The summed E-state index contributed by atoms with van der Waals surface area (Å²) in [4.78, 5) is 30.8. The first-order chi connectivity index (χ1) is 17.3. The van der Waals surface area contributed by atoms with E-state index in [1.165, 1.54) is 28.1 Å². The quantitative estimate of drug-likeness (QED) is 0.395. The normalized spacial score (nSPS) is 15.5. The SMILES string of the molecule is CCC1SC(=O)N(Cc2ccccc2NC(=O)c2sc(C)nc2C)N=C1c1ccc(OC)c(OC)c1. The fraction of sp³-hybridized carbons (Fsp3) is 0.308. The fourth-order valence-electron chi connectivity index (χ4n) is 3.95. The van der Waals surface area contributed by atoms with E-state index in [2.05, 4.69) is 10.3 Å². The van der Waals surface area contributed by atoms with E-state index in [-0.39, 0.29) is 22.9 Å². The number of methoxy groups -OCH3 is 2. The van der Waals surface area contributed by atoms with Crippen LogP contribution >= 0.6 is 23.1 Å². The molecule has 4 rings (SSSR count). The number of para-hydroxylation sites is 1. The summed E-state index contributed by atoms with van der Waals surface area (Å²) in [5.41, 5.74) is 3.77. The zero-order valence-corrected chi connectivity index (χ0v) is 22.5. The molecule has 0 aliphatic carbocycles. The van der Waals surface area contributed by atoms with Crippen LogP contribution in [0.15, 0.2) is 47.6 Å². The number of hydrazone groups is 1. The number of hydrogen-bond acceptors (Lipinski definition) is 8. The highest BCUT2D eigenvalue weighted by Crippen LogP contribution is 2.34. The third kappa shape index (κ3) is 5.39. The number of ether oxygens (including phenoxy) is 2. The van der Waals surface area contributed by atoms with Gasteiger partial charge in [-0.05, 0) is 50.1 Å². The summed E-state index contributed by atoms with van der Waals surface area (Å²) >= 11 is 2.61. The van der Waals surface area contributed by atoms with Gasteiger partial charge in [-0.2, -0.15) is 5.10 Å². The average molecular weight is 525 g/mol. The molecule has 188 valence electrons. The minimum absolute atomic E-state index is 0.0839. The highest BCUT2D eigenvalue weighted by atomic mass is 32.2. The zero-order valence-electron chi connectivity index (χ0n) is 20.8. The minimum Gasteiger partial charge on any atom is -0.493 e. The van der Waals surface area contributed by atoms with E-state index < -0.39 is 0 Å². The number of benzene rings is 2. The minimum atomic E-state index is -0.217. The van der Waals surface area contributed by atoms with Crippen LogP contribution in [0.1, 0.15) is 44.8 Å². The van der Waals surface area contributed by atoms with Crippen molar-refractivity contribution in [3.05, 3.63) is 69.2 Å². The number of rotatable bonds is 8. The molecule has 3 aromatic rings. The second kappa shape index (κ2) is 11.1. The van der Waals surface area contributed by atoms with E-state index in [9.17, 15) is 9.59 Å². The van der Waals surface area contributed by atoms with Crippen molar-refractivity contribution < 1.29 is 19.1 Å². The van der Waals surface area contributed by atoms with Crippen LogP contribution in [-0.4, -0.2) is 46.3 Å². The van der Waals surface area contributed by atoms with Crippen molar-refractivity contribution in [1.82, 2.24) is 9.99 Å². The predicted octanol–water partition coefficient (Wildman–Crippen LogP) is 5.88. The maximum Gasteiger partial charge on any atom is 0.302 e. The van der Waals surface area contributed by atoms with Gasteiger partial charge >= 0.3 is 5.24 Å². The molecular weight excluding hydrogens is 496 g/mol. The molecule has 0 bridgehead atoms. The van der Waals surface area contributed by atoms with E-state index >= 15 is 0 Å². The van der Waals surface area contributed by atoms with Gasteiger partial charge in [-0.3, -0.25) is 9.59 Å². The molecule has 1 N–H and O–H groups in total. The summed E-state index contributed by atoms with van der Waals surface area (Å²) in [5.74, 6) is 1.01. The monoisotopic (exact) mass is 524 g/mol. The zero-order chi connectivity index (χ0) is 25.8. The van der Waals surface area contributed by atoms with Gasteiger partial charge in [-0.1, -0.05) is 36.9 Å². The number of anilines is 1. The Morgan fingerprint density at radius 3 is 2.53 bits per heavy atom. The first kappa shape index (κ1) is 25.7. The number of nitrogens with one attached hydrogen (secondary N) is 1. The second-order valence-electron chi connectivity index (χ2n) is 8.15. The van der Waals surface area contributed by atoms with Crippen LogP contribution in [0.2, 0.25) is 0 Å². The van der Waals surface area contributed by atoms with Gasteiger partial charge in [-0.25, -0.2) is 9.99 Å². The number of nitrogens with zero attached hydrogens (tertiary/aromatic N) is 3. The average Bonchev–Trinajstić information content (AvgIpc) is 3.23. The Hall–Kier alpha value is -3.37. The van der Waals surface area contributed by atoms with Gasteiger partial charge in [0.2, 0.25) is 0 Å². The van der Waals surface area contributed by atoms with Crippen LogP contribution in [-0.2, 0) is 6.54 Å². The second-order valence-corrected chi connectivity index (χ2v) is 10.5. The van der Waals surface area contributed by atoms with Crippen LogP contribution in [0, 0.1) is 13.8 Å². The number of aryl methyl sites for hydroxylation is 2. The largest absolute Gasteiger partial charge is 0.493 e. The molecule has 1 unspecified atom stereocenters. The van der Waals surface area contributed by atoms with E-state index in [0.717, 1.165) is 28.3 Å². The van der Waals surface area contributed by atoms with Gasteiger partial charge in [0.15, 0.2) is 11.5 Å². The van der Waals surface area contributed by atoms with Crippen LogP contribution in [0.5, 0.6) is 11.5 Å². The van der Waals surface area contributed by atoms with Crippen molar-refractivity contribution in [2.24, 2.45) is 5.10 Å². The van der Waals surface area contributed by atoms with Crippen molar-refractivity contribution in [3.8, 4) is 11.5 Å². The number of hydrogen-bond donors (Lipinski definition) is 1.